The lowest BCUT2D eigenvalue weighted by Crippen LogP contribution is -2.37. The average molecular weight is 522 g/mol. The smallest absolute Gasteiger partial charge is 0.260 e. The minimum atomic E-state index is -3.71. The molecule has 1 fully saturated rings. The molecular weight excluding hydrogens is 494 g/mol. The van der Waals surface area contributed by atoms with Gasteiger partial charge in [-0.3, -0.25) is 9.69 Å². The average Bonchev–Trinajstić information content (AvgIpc) is 3.57. The second-order valence-corrected chi connectivity index (χ2v) is 11.8. The standard InChI is InChI=1S/C27H27N3O4S2/c1-29(18-20-8-3-2-4-9-20)36(32,33)23-15-13-21(14-16-23)26(31)30(19-22-10-7-17-34-22)27-28-24-11-5-6-12-25(24)35-27/h2-6,8-9,11-16,22H,7,10,17-19H2,1H3. The lowest BCUT2D eigenvalue weighted by atomic mass is 10.2. The number of para-hydroxylation sites is 1. The normalized spacial score (nSPS) is 16.0. The van der Waals surface area contributed by atoms with Crippen LogP contribution in [0.3, 0.4) is 0 Å². The van der Waals surface area contributed by atoms with Crippen molar-refractivity contribution in [3.05, 3.63) is 90.0 Å². The Labute approximate surface area is 215 Å². The fourth-order valence-corrected chi connectivity index (χ4v) is 6.38. The highest BCUT2D eigenvalue weighted by atomic mass is 32.2. The Balaban J connectivity index is 1.39. The predicted octanol–water partition coefficient (Wildman–Crippen LogP) is 4.94. The summed E-state index contributed by atoms with van der Waals surface area (Å²) in [5, 5.41) is 0.607. The van der Waals surface area contributed by atoms with Crippen molar-refractivity contribution in [1.29, 1.82) is 0 Å². The van der Waals surface area contributed by atoms with Gasteiger partial charge in [0.1, 0.15) is 0 Å². The van der Waals surface area contributed by atoms with E-state index in [-0.39, 0.29) is 23.5 Å². The second kappa shape index (κ2) is 10.5. The van der Waals surface area contributed by atoms with Gasteiger partial charge in [-0.15, -0.1) is 0 Å². The molecule has 0 N–H and O–H groups in total. The van der Waals surface area contributed by atoms with Crippen molar-refractivity contribution in [2.45, 2.75) is 30.4 Å². The highest BCUT2D eigenvalue weighted by Gasteiger charge is 2.28. The molecule has 186 valence electrons. The minimum Gasteiger partial charge on any atom is -0.376 e. The summed E-state index contributed by atoms with van der Waals surface area (Å²) in [5.74, 6) is -0.230. The van der Waals surface area contributed by atoms with E-state index in [0.717, 1.165) is 28.6 Å². The summed E-state index contributed by atoms with van der Waals surface area (Å²) in [6, 6.07) is 23.3. The predicted molar refractivity (Wildman–Crippen MR) is 142 cm³/mol. The molecule has 3 aromatic carbocycles. The Morgan fingerprint density at radius 1 is 1.03 bits per heavy atom. The summed E-state index contributed by atoms with van der Waals surface area (Å²) in [4.78, 5) is 20.1. The number of sulfonamides is 1. The van der Waals surface area contributed by atoms with Crippen LogP contribution in [-0.2, 0) is 21.3 Å². The van der Waals surface area contributed by atoms with Crippen molar-refractivity contribution in [1.82, 2.24) is 9.29 Å². The zero-order chi connectivity index (χ0) is 25.1. The van der Waals surface area contributed by atoms with Crippen molar-refractivity contribution in [3.63, 3.8) is 0 Å². The van der Waals surface area contributed by atoms with Crippen LogP contribution in [0, 0.1) is 0 Å². The molecule has 0 saturated carbocycles. The van der Waals surface area contributed by atoms with Gasteiger partial charge in [0.25, 0.3) is 5.91 Å². The lowest BCUT2D eigenvalue weighted by molar-refractivity contribution is 0.0917. The summed E-state index contributed by atoms with van der Waals surface area (Å²) in [6.45, 7) is 1.35. The fraction of sp³-hybridized carbons (Fsp3) is 0.259. The molecule has 36 heavy (non-hydrogen) atoms. The molecule has 7 nitrogen and oxygen atoms in total. The van der Waals surface area contributed by atoms with Crippen molar-refractivity contribution >= 4 is 42.6 Å². The fourth-order valence-electron chi connectivity index (χ4n) is 4.25. The number of ether oxygens (including phenoxy) is 1. The number of amides is 1. The zero-order valence-corrected chi connectivity index (χ0v) is 21.5. The van der Waals surface area contributed by atoms with E-state index >= 15 is 0 Å². The van der Waals surface area contributed by atoms with Crippen LogP contribution >= 0.6 is 11.3 Å². The van der Waals surface area contributed by atoms with Crippen LogP contribution in [0.2, 0.25) is 0 Å². The van der Waals surface area contributed by atoms with Gasteiger partial charge in [-0.25, -0.2) is 13.4 Å². The summed E-state index contributed by atoms with van der Waals surface area (Å²) in [6.07, 6.45) is 1.81. The zero-order valence-electron chi connectivity index (χ0n) is 19.9. The molecule has 9 heteroatoms. The van der Waals surface area contributed by atoms with Crippen molar-refractivity contribution < 1.29 is 17.9 Å². The third-order valence-corrected chi connectivity index (χ3v) is 9.10. The van der Waals surface area contributed by atoms with E-state index in [9.17, 15) is 13.2 Å². The maximum atomic E-state index is 13.6. The van der Waals surface area contributed by atoms with Crippen molar-refractivity contribution in [2.24, 2.45) is 0 Å². The summed E-state index contributed by atoms with van der Waals surface area (Å²) < 4.78 is 34.3. The van der Waals surface area contributed by atoms with E-state index in [2.05, 4.69) is 4.98 Å². The summed E-state index contributed by atoms with van der Waals surface area (Å²) in [5.41, 5.74) is 2.14. The third-order valence-electron chi connectivity index (χ3n) is 6.23. The van der Waals surface area contributed by atoms with Gasteiger partial charge in [-0.1, -0.05) is 53.8 Å². The highest BCUT2D eigenvalue weighted by molar-refractivity contribution is 7.89. The first-order valence-corrected chi connectivity index (χ1v) is 14.1. The first kappa shape index (κ1) is 24.6. The Hall–Kier alpha value is -3.11. The summed E-state index contributed by atoms with van der Waals surface area (Å²) in [7, 11) is -2.16. The third kappa shape index (κ3) is 5.19. The summed E-state index contributed by atoms with van der Waals surface area (Å²) >= 11 is 1.46. The van der Waals surface area contributed by atoms with Gasteiger partial charge in [0, 0.05) is 25.8 Å². The Kier molecular flexibility index (Phi) is 7.15. The monoisotopic (exact) mass is 521 g/mol. The SMILES string of the molecule is CN(Cc1ccccc1)S(=O)(=O)c1ccc(C(=O)N(CC2CCCO2)c2nc3ccccc3s2)cc1. The molecule has 0 radical (unpaired) electrons. The number of hydrogen-bond donors (Lipinski definition) is 0. The second-order valence-electron chi connectivity index (χ2n) is 8.79. The molecule has 1 saturated heterocycles. The number of aromatic nitrogens is 1. The molecule has 1 atom stereocenters. The van der Waals surface area contributed by atoms with Crippen molar-refractivity contribution in [2.75, 3.05) is 25.1 Å². The van der Waals surface area contributed by atoms with Crippen LogP contribution in [0.15, 0.2) is 83.8 Å². The Bertz CT molecular complexity index is 1410. The molecule has 1 unspecified atom stereocenters. The van der Waals surface area contributed by atoms with Gasteiger partial charge in [-0.2, -0.15) is 4.31 Å². The van der Waals surface area contributed by atoms with Crippen LogP contribution in [-0.4, -0.2) is 49.9 Å². The van der Waals surface area contributed by atoms with Gasteiger partial charge < -0.3 is 4.74 Å². The van der Waals surface area contributed by atoms with Gasteiger partial charge >= 0.3 is 0 Å². The number of carbonyl (C=O) groups is 1. The van der Waals surface area contributed by atoms with E-state index in [1.807, 2.05) is 54.6 Å². The maximum absolute atomic E-state index is 13.6. The van der Waals surface area contributed by atoms with Crippen LogP contribution in [0.25, 0.3) is 10.2 Å². The van der Waals surface area contributed by atoms with Gasteiger partial charge in [0.2, 0.25) is 10.0 Å². The molecule has 5 rings (SSSR count). The maximum Gasteiger partial charge on any atom is 0.260 e. The lowest BCUT2D eigenvalue weighted by Gasteiger charge is -2.23. The van der Waals surface area contributed by atoms with E-state index in [1.54, 1.807) is 24.1 Å². The van der Waals surface area contributed by atoms with Crippen LogP contribution in [0.1, 0.15) is 28.8 Å². The molecule has 1 amide bonds. The first-order chi connectivity index (χ1) is 17.4. The largest absolute Gasteiger partial charge is 0.376 e. The molecular formula is C27H27N3O4S2. The number of rotatable bonds is 8. The molecule has 4 aromatic rings. The van der Waals surface area contributed by atoms with Crippen LogP contribution in [0.5, 0.6) is 0 Å². The molecule has 0 aliphatic carbocycles. The number of nitrogens with zero attached hydrogens (tertiary/aromatic N) is 3. The van der Waals surface area contributed by atoms with Gasteiger partial charge in [0.15, 0.2) is 5.13 Å². The Morgan fingerprint density at radius 3 is 2.44 bits per heavy atom. The van der Waals surface area contributed by atoms with E-state index in [1.165, 1.54) is 27.8 Å². The number of hydrogen-bond acceptors (Lipinski definition) is 6. The topological polar surface area (TPSA) is 79.8 Å². The number of carbonyl (C=O) groups excluding carboxylic acids is 1. The first-order valence-electron chi connectivity index (χ1n) is 11.8. The van der Waals surface area contributed by atoms with Gasteiger partial charge in [0.05, 0.1) is 27.8 Å². The molecule has 0 bridgehead atoms. The molecule has 1 aliphatic rings. The number of benzene rings is 3. The number of fused-ring (bicyclic) bond motifs is 1. The molecule has 1 aromatic heterocycles. The number of thiazole rings is 1. The van der Waals surface area contributed by atoms with Crippen molar-refractivity contribution in [3.8, 4) is 0 Å². The van der Waals surface area contributed by atoms with E-state index in [0.29, 0.717) is 23.8 Å². The number of anilines is 1. The van der Waals surface area contributed by atoms with Crippen LogP contribution < -0.4 is 4.90 Å². The quantitative estimate of drug-likeness (QED) is 0.328. The van der Waals surface area contributed by atoms with Gasteiger partial charge in [-0.05, 0) is 54.8 Å². The molecule has 2 heterocycles. The van der Waals surface area contributed by atoms with E-state index < -0.39 is 10.0 Å². The molecule has 1 aliphatic heterocycles. The van der Waals surface area contributed by atoms with E-state index in [4.69, 9.17) is 4.74 Å². The molecule has 0 spiro atoms. The highest BCUT2D eigenvalue weighted by Crippen LogP contribution is 2.31. The Morgan fingerprint density at radius 2 is 1.75 bits per heavy atom. The van der Waals surface area contributed by atoms with Crippen LogP contribution in [0.4, 0.5) is 5.13 Å². The minimum absolute atomic E-state index is 0.0488.